The molecule has 2 heterocycles. The van der Waals surface area contributed by atoms with Gasteiger partial charge >= 0.3 is 12.1 Å². The first kappa shape index (κ1) is 25.2. The number of rotatable bonds is 8. The molecule has 1 saturated carbocycles. The van der Waals surface area contributed by atoms with Gasteiger partial charge in [0.15, 0.2) is 0 Å². The smallest absolute Gasteiger partial charge is 0.407 e. The summed E-state index contributed by atoms with van der Waals surface area (Å²) in [7, 11) is 1.75. The number of nitrogens with one attached hydrogen (secondary N) is 1. The van der Waals surface area contributed by atoms with Crippen molar-refractivity contribution in [2.75, 3.05) is 0 Å². The van der Waals surface area contributed by atoms with E-state index < -0.39 is 12.1 Å². The number of carboxylic acid groups (broad SMARTS) is 1. The molecule has 1 amide bonds. The summed E-state index contributed by atoms with van der Waals surface area (Å²) in [6.45, 7) is 4.18. The maximum absolute atomic E-state index is 12.3. The number of pyridine rings is 1. The predicted molar refractivity (Wildman–Crippen MR) is 131 cm³/mol. The molecule has 1 aliphatic rings. The van der Waals surface area contributed by atoms with Gasteiger partial charge in [-0.1, -0.05) is 35.0 Å². The van der Waals surface area contributed by atoms with Crippen molar-refractivity contribution >= 4 is 12.1 Å². The van der Waals surface area contributed by atoms with Crippen LogP contribution in [0, 0.1) is 19.8 Å². The second-order valence-corrected chi connectivity index (χ2v) is 9.15. The summed E-state index contributed by atoms with van der Waals surface area (Å²) in [6, 6.07) is 11.4. The number of nitrogens with zero attached hydrogens (tertiary/aromatic N) is 4. The minimum absolute atomic E-state index is 0.145. The molecule has 0 spiro atoms. The van der Waals surface area contributed by atoms with Crippen LogP contribution in [0.5, 0.6) is 5.75 Å². The van der Waals surface area contributed by atoms with Gasteiger partial charge in [0.2, 0.25) is 0 Å². The Morgan fingerprint density at radius 3 is 2.78 bits per heavy atom. The number of alkyl carbamates (subject to hydrolysis) is 1. The van der Waals surface area contributed by atoms with Gasteiger partial charge < -0.3 is 19.9 Å². The van der Waals surface area contributed by atoms with Crippen LogP contribution in [0.15, 0.2) is 36.4 Å². The molecule has 3 aromatic rings. The van der Waals surface area contributed by atoms with E-state index in [0.717, 1.165) is 24.0 Å². The summed E-state index contributed by atoms with van der Waals surface area (Å²) in [4.78, 5) is 28.3. The van der Waals surface area contributed by atoms with Crippen molar-refractivity contribution < 1.29 is 24.2 Å². The van der Waals surface area contributed by atoms with E-state index in [4.69, 9.17) is 9.47 Å². The molecule has 0 saturated heterocycles. The van der Waals surface area contributed by atoms with E-state index in [1.807, 2.05) is 44.2 Å². The highest BCUT2D eigenvalue weighted by atomic mass is 16.5. The standard InChI is InChI=1S/C26H31N5O5/c1-16-6-4-7-18(12-16)15-35-26(34)27-14-22-24(29-30-31(22)3)21-10-11-23(17(2)28-21)36-20-9-5-8-19(13-20)25(32)33/h4,6-7,10-12,19-20H,5,8-9,13-15H2,1-3H3,(H,27,34)(H,32,33)/t19-,20-/m0/s1. The third-order valence-electron chi connectivity index (χ3n) is 6.34. The van der Waals surface area contributed by atoms with Gasteiger partial charge in [0.05, 0.1) is 35.6 Å². The number of amides is 1. The van der Waals surface area contributed by atoms with Crippen LogP contribution in [0.3, 0.4) is 0 Å². The van der Waals surface area contributed by atoms with Gasteiger partial charge in [0.1, 0.15) is 18.1 Å². The molecule has 2 N–H and O–H groups in total. The Kier molecular flexibility index (Phi) is 7.82. The SMILES string of the molecule is Cc1cccc(COC(=O)NCc2c(-c3ccc(O[C@H]4CCC[C@H](C(=O)O)C4)c(C)n3)nnn2C)c1. The molecular weight excluding hydrogens is 462 g/mol. The van der Waals surface area contributed by atoms with E-state index in [-0.39, 0.29) is 25.2 Å². The van der Waals surface area contributed by atoms with Crippen LogP contribution in [0.2, 0.25) is 0 Å². The molecule has 0 unspecified atom stereocenters. The minimum Gasteiger partial charge on any atom is -0.489 e. The van der Waals surface area contributed by atoms with Gasteiger partial charge in [-0.15, -0.1) is 5.10 Å². The van der Waals surface area contributed by atoms with Crippen LogP contribution in [-0.4, -0.2) is 43.3 Å². The van der Waals surface area contributed by atoms with E-state index >= 15 is 0 Å². The zero-order valence-corrected chi connectivity index (χ0v) is 20.7. The number of aliphatic carboxylic acids is 1. The Balaban J connectivity index is 1.38. The fraction of sp³-hybridized carbons (Fsp3) is 0.423. The molecule has 4 rings (SSSR count). The van der Waals surface area contributed by atoms with Crippen molar-refractivity contribution in [2.24, 2.45) is 13.0 Å². The molecule has 2 aromatic heterocycles. The normalized spacial score (nSPS) is 17.4. The lowest BCUT2D eigenvalue weighted by atomic mass is 9.87. The van der Waals surface area contributed by atoms with Crippen LogP contribution in [0.4, 0.5) is 4.79 Å². The number of carboxylic acids is 1. The number of hydrogen-bond acceptors (Lipinski definition) is 7. The fourth-order valence-electron chi connectivity index (χ4n) is 4.39. The maximum Gasteiger partial charge on any atom is 0.407 e. The van der Waals surface area contributed by atoms with Crippen molar-refractivity contribution in [3.05, 3.63) is 58.9 Å². The van der Waals surface area contributed by atoms with Gasteiger partial charge in [-0.3, -0.25) is 4.79 Å². The summed E-state index contributed by atoms with van der Waals surface area (Å²) < 4.78 is 13.0. The number of ether oxygens (including phenoxy) is 2. The van der Waals surface area contributed by atoms with Gasteiger partial charge in [0, 0.05) is 7.05 Å². The summed E-state index contributed by atoms with van der Waals surface area (Å²) in [6.07, 6.45) is 2.16. The molecule has 10 heteroatoms. The summed E-state index contributed by atoms with van der Waals surface area (Å²) in [5.74, 6) is -0.510. The number of carbonyl (C=O) groups is 2. The first-order valence-electron chi connectivity index (χ1n) is 12.0. The molecule has 1 aromatic carbocycles. The molecule has 0 radical (unpaired) electrons. The lowest BCUT2D eigenvalue weighted by molar-refractivity contribution is -0.143. The van der Waals surface area contributed by atoms with Gasteiger partial charge in [-0.2, -0.15) is 0 Å². The van der Waals surface area contributed by atoms with E-state index in [0.29, 0.717) is 41.4 Å². The lowest BCUT2D eigenvalue weighted by Crippen LogP contribution is -2.29. The zero-order chi connectivity index (χ0) is 25.7. The third kappa shape index (κ3) is 6.18. The molecule has 1 fully saturated rings. The van der Waals surface area contributed by atoms with E-state index in [1.54, 1.807) is 17.8 Å². The highest BCUT2D eigenvalue weighted by molar-refractivity contribution is 5.70. The Bertz CT molecular complexity index is 1240. The molecule has 190 valence electrons. The summed E-state index contributed by atoms with van der Waals surface area (Å²) in [5.41, 5.74) is 4.53. The highest BCUT2D eigenvalue weighted by Gasteiger charge is 2.28. The molecule has 0 bridgehead atoms. The average Bonchev–Trinajstić information content (AvgIpc) is 3.23. The first-order valence-corrected chi connectivity index (χ1v) is 12.0. The zero-order valence-electron chi connectivity index (χ0n) is 20.7. The fourth-order valence-corrected chi connectivity index (χ4v) is 4.39. The van der Waals surface area contributed by atoms with E-state index in [1.165, 1.54) is 0 Å². The van der Waals surface area contributed by atoms with Crippen molar-refractivity contribution in [1.29, 1.82) is 0 Å². The van der Waals surface area contributed by atoms with Crippen LogP contribution < -0.4 is 10.1 Å². The van der Waals surface area contributed by atoms with Crippen LogP contribution >= 0.6 is 0 Å². The second kappa shape index (κ2) is 11.2. The second-order valence-electron chi connectivity index (χ2n) is 9.15. The molecule has 36 heavy (non-hydrogen) atoms. The topological polar surface area (TPSA) is 128 Å². The number of carbonyl (C=O) groups excluding carboxylic acids is 1. The van der Waals surface area contributed by atoms with Crippen LogP contribution in [0.1, 0.15) is 48.2 Å². The number of hydrogen-bond donors (Lipinski definition) is 2. The van der Waals surface area contributed by atoms with Gasteiger partial charge in [0.25, 0.3) is 0 Å². The molecule has 0 aliphatic heterocycles. The first-order chi connectivity index (χ1) is 17.3. The monoisotopic (exact) mass is 493 g/mol. The minimum atomic E-state index is -0.767. The van der Waals surface area contributed by atoms with Crippen molar-refractivity contribution in [3.8, 4) is 17.1 Å². The Morgan fingerprint density at radius 1 is 1.19 bits per heavy atom. The Hall–Kier alpha value is -3.95. The number of benzene rings is 1. The molecule has 2 atom stereocenters. The number of aryl methyl sites for hydroxylation is 3. The Morgan fingerprint density at radius 2 is 2.03 bits per heavy atom. The number of aromatic nitrogens is 4. The lowest BCUT2D eigenvalue weighted by Gasteiger charge is -2.27. The van der Waals surface area contributed by atoms with E-state index in [2.05, 4.69) is 20.6 Å². The quantitative estimate of drug-likeness (QED) is 0.483. The third-order valence-corrected chi connectivity index (χ3v) is 6.34. The molecule has 10 nitrogen and oxygen atoms in total. The van der Waals surface area contributed by atoms with Gasteiger partial charge in [-0.05, 0) is 57.2 Å². The summed E-state index contributed by atoms with van der Waals surface area (Å²) >= 11 is 0. The highest BCUT2D eigenvalue weighted by Crippen LogP contribution is 2.30. The van der Waals surface area contributed by atoms with Gasteiger partial charge in [-0.25, -0.2) is 14.5 Å². The Labute approximate surface area is 209 Å². The van der Waals surface area contributed by atoms with Crippen molar-refractivity contribution in [2.45, 2.75) is 58.8 Å². The van der Waals surface area contributed by atoms with E-state index in [9.17, 15) is 14.7 Å². The largest absolute Gasteiger partial charge is 0.489 e. The van der Waals surface area contributed by atoms with Crippen LogP contribution in [0.25, 0.3) is 11.4 Å². The maximum atomic E-state index is 12.3. The molecular formula is C26H31N5O5. The van der Waals surface area contributed by atoms with Crippen LogP contribution in [-0.2, 0) is 29.7 Å². The average molecular weight is 494 g/mol. The van der Waals surface area contributed by atoms with Crippen molar-refractivity contribution in [3.63, 3.8) is 0 Å². The molecule has 1 aliphatic carbocycles. The summed E-state index contributed by atoms with van der Waals surface area (Å²) in [5, 5.41) is 20.4. The predicted octanol–water partition coefficient (Wildman–Crippen LogP) is 3.94. The van der Waals surface area contributed by atoms with Crippen molar-refractivity contribution in [1.82, 2.24) is 25.3 Å².